The fourth-order valence-corrected chi connectivity index (χ4v) is 4.38. The lowest BCUT2D eigenvalue weighted by atomic mass is 9.99. The van der Waals surface area contributed by atoms with Crippen molar-refractivity contribution in [3.63, 3.8) is 0 Å². The Bertz CT molecular complexity index is 315. The number of methoxy groups -OCH3 is 1. The molecule has 2 aliphatic rings. The van der Waals surface area contributed by atoms with Gasteiger partial charge in [-0.1, -0.05) is 23.5 Å². The van der Waals surface area contributed by atoms with E-state index in [-0.39, 0.29) is 12.5 Å². The lowest BCUT2D eigenvalue weighted by molar-refractivity contribution is -0.136. The molecule has 0 aromatic rings. The fourth-order valence-electron chi connectivity index (χ4n) is 2.16. The molecule has 2 rings (SSSR count). The van der Waals surface area contributed by atoms with Crippen LogP contribution in [0.3, 0.4) is 0 Å². The Morgan fingerprint density at radius 3 is 2.94 bits per heavy atom. The molecule has 0 unspecified atom stereocenters. The fraction of sp³-hybridized carbons (Fsp3) is 0.833. The van der Waals surface area contributed by atoms with Gasteiger partial charge in [0.05, 0.1) is 6.54 Å². The van der Waals surface area contributed by atoms with Gasteiger partial charge in [0.1, 0.15) is 11.0 Å². The topological polar surface area (TPSA) is 41.9 Å². The number of thioether (sulfide) groups is 2. The molecular weight excluding hydrogens is 268 g/mol. The van der Waals surface area contributed by atoms with Crippen molar-refractivity contribution in [2.75, 3.05) is 44.9 Å². The maximum atomic E-state index is 11.6. The molecule has 102 valence electrons. The highest BCUT2D eigenvalue weighted by Gasteiger charge is 2.23. The van der Waals surface area contributed by atoms with E-state index in [2.05, 4.69) is 4.99 Å². The van der Waals surface area contributed by atoms with Crippen molar-refractivity contribution in [1.29, 1.82) is 0 Å². The van der Waals surface area contributed by atoms with Gasteiger partial charge in [-0.2, -0.15) is 0 Å². The second-order valence-corrected chi connectivity index (χ2v) is 6.92. The number of amides is 1. The van der Waals surface area contributed by atoms with Crippen LogP contribution < -0.4 is 0 Å². The van der Waals surface area contributed by atoms with Crippen molar-refractivity contribution in [1.82, 2.24) is 4.90 Å². The number of nitrogens with zero attached hydrogens (tertiary/aromatic N) is 2. The number of hydrogen-bond donors (Lipinski definition) is 0. The van der Waals surface area contributed by atoms with Gasteiger partial charge in [0, 0.05) is 31.7 Å². The molecule has 6 heteroatoms. The third kappa shape index (κ3) is 4.17. The van der Waals surface area contributed by atoms with Crippen LogP contribution in [0.4, 0.5) is 0 Å². The lowest BCUT2D eigenvalue weighted by Crippen LogP contribution is -2.40. The second kappa shape index (κ2) is 7.40. The summed E-state index contributed by atoms with van der Waals surface area (Å²) in [6, 6.07) is 0. The van der Waals surface area contributed by atoms with Gasteiger partial charge in [0.25, 0.3) is 0 Å². The molecule has 4 nitrogen and oxygen atoms in total. The van der Waals surface area contributed by atoms with Crippen molar-refractivity contribution in [2.24, 2.45) is 10.9 Å². The van der Waals surface area contributed by atoms with E-state index < -0.39 is 0 Å². The van der Waals surface area contributed by atoms with E-state index in [0.717, 1.165) is 49.9 Å². The molecule has 0 spiro atoms. The van der Waals surface area contributed by atoms with Crippen molar-refractivity contribution in [3.8, 4) is 0 Å². The van der Waals surface area contributed by atoms with E-state index in [1.54, 1.807) is 7.11 Å². The van der Waals surface area contributed by atoms with Gasteiger partial charge in [-0.05, 0) is 18.8 Å². The van der Waals surface area contributed by atoms with Crippen molar-refractivity contribution in [2.45, 2.75) is 12.8 Å². The summed E-state index contributed by atoms with van der Waals surface area (Å²) in [6.07, 6.45) is 2.22. The van der Waals surface area contributed by atoms with Gasteiger partial charge in [-0.3, -0.25) is 9.79 Å². The van der Waals surface area contributed by atoms with Crippen LogP contribution >= 0.6 is 23.5 Å². The van der Waals surface area contributed by atoms with Crippen LogP contribution in [0.1, 0.15) is 12.8 Å². The zero-order chi connectivity index (χ0) is 12.8. The zero-order valence-corrected chi connectivity index (χ0v) is 12.4. The van der Waals surface area contributed by atoms with Crippen LogP contribution in [0.5, 0.6) is 0 Å². The number of hydrogen-bond acceptors (Lipinski definition) is 5. The monoisotopic (exact) mass is 288 g/mol. The SMILES string of the molecule is COCC(=O)N1CCC(CSC2=NCCS2)CC1. The summed E-state index contributed by atoms with van der Waals surface area (Å²) >= 11 is 3.77. The second-order valence-electron chi connectivity index (χ2n) is 4.56. The molecule has 2 heterocycles. The first-order chi connectivity index (χ1) is 8.79. The van der Waals surface area contributed by atoms with Crippen LogP contribution in [0.2, 0.25) is 0 Å². The molecule has 1 amide bonds. The van der Waals surface area contributed by atoms with Gasteiger partial charge in [0.15, 0.2) is 0 Å². The molecule has 0 bridgehead atoms. The molecule has 0 radical (unpaired) electrons. The van der Waals surface area contributed by atoms with Crippen molar-refractivity contribution in [3.05, 3.63) is 0 Å². The number of ether oxygens (including phenoxy) is 1. The van der Waals surface area contributed by atoms with Crippen LogP contribution in [0, 0.1) is 5.92 Å². The number of likely N-dealkylation sites (tertiary alicyclic amines) is 1. The third-order valence-electron chi connectivity index (χ3n) is 3.24. The summed E-state index contributed by atoms with van der Waals surface area (Å²) in [5.41, 5.74) is 0. The first-order valence-corrected chi connectivity index (χ1v) is 8.33. The predicted octanol–water partition coefficient (Wildman–Crippen LogP) is 1.71. The number of piperidine rings is 1. The summed E-state index contributed by atoms with van der Waals surface area (Å²) in [5.74, 6) is 3.15. The Morgan fingerprint density at radius 1 is 1.56 bits per heavy atom. The van der Waals surface area contributed by atoms with E-state index in [1.165, 1.54) is 4.38 Å². The van der Waals surface area contributed by atoms with E-state index in [9.17, 15) is 4.79 Å². The highest BCUT2D eigenvalue weighted by atomic mass is 32.2. The highest BCUT2D eigenvalue weighted by molar-refractivity contribution is 8.39. The molecule has 0 aliphatic carbocycles. The van der Waals surface area contributed by atoms with Crippen LogP contribution in [0.25, 0.3) is 0 Å². The predicted molar refractivity (Wildman–Crippen MR) is 78.4 cm³/mol. The smallest absolute Gasteiger partial charge is 0.248 e. The first-order valence-electron chi connectivity index (χ1n) is 6.36. The maximum Gasteiger partial charge on any atom is 0.248 e. The summed E-state index contributed by atoms with van der Waals surface area (Å²) in [4.78, 5) is 18.0. The minimum absolute atomic E-state index is 0.124. The molecule has 0 aromatic carbocycles. The molecule has 1 saturated heterocycles. The molecule has 0 N–H and O–H groups in total. The number of carbonyl (C=O) groups is 1. The zero-order valence-electron chi connectivity index (χ0n) is 10.8. The van der Waals surface area contributed by atoms with Gasteiger partial charge in [0.2, 0.25) is 5.91 Å². The van der Waals surface area contributed by atoms with Crippen molar-refractivity contribution < 1.29 is 9.53 Å². The largest absolute Gasteiger partial charge is 0.375 e. The molecule has 2 aliphatic heterocycles. The summed E-state index contributed by atoms with van der Waals surface area (Å²) in [7, 11) is 1.57. The summed E-state index contributed by atoms with van der Waals surface area (Å²) in [6.45, 7) is 2.96. The van der Waals surface area contributed by atoms with E-state index in [0.29, 0.717) is 0 Å². The molecule has 0 aromatic heterocycles. The Kier molecular flexibility index (Phi) is 5.85. The van der Waals surface area contributed by atoms with Crippen molar-refractivity contribution >= 4 is 33.8 Å². The third-order valence-corrected chi connectivity index (χ3v) is 5.72. The summed E-state index contributed by atoms with van der Waals surface area (Å²) < 4.78 is 6.14. The van der Waals surface area contributed by atoms with Gasteiger partial charge >= 0.3 is 0 Å². The van der Waals surface area contributed by atoms with E-state index in [4.69, 9.17) is 4.74 Å². The average molecular weight is 288 g/mol. The van der Waals surface area contributed by atoms with E-state index >= 15 is 0 Å². The standard InChI is InChI=1S/C12H20N2O2S2/c1-16-8-11(15)14-5-2-10(3-6-14)9-18-12-13-4-7-17-12/h10H,2-9H2,1H3. The molecule has 18 heavy (non-hydrogen) atoms. The normalized spacial score (nSPS) is 21.2. The Hall–Kier alpha value is -0.200. The van der Waals surface area contributed by atoms with Crippen LogP contribution in [-0.2, 0) is 9.53 Å². The van der Waals surface area contributed by atoms with Gasteiger partial charge in [-0.15, -0.1) is 0 Å². The van der Waals surface area contributed by atoms with Crippen LogP contribution in [0.15, 0.2) is 4.99 Å². The average Bonchev–Trinajstić information content (AvgIpc) is 2.90. The van der Waals surface area contributed by atoms with Crippen LogP contribution in [-0.4, -0.2) is 60.0 Å². The first kappa shape index (κ1) is 14.2. The Labute approximate surface area is 117 Å². The number of carbonyl (C=O) groups excluding carboxylic acids is 1. The number of rotatable bonds is 4. The highest BCUT2D eigenvalue weighted by Crippen LogP contribution is 2.27. The Morgan fingerprint density at radius 2 is 2.33 bits per heavy atom. The lowest BCUT2D eigenvalue weighted by Gasteiger charge is -2.31. The molecular formula is C12H20N2O2S2. The summed E-state index contributed by atoms with van der Waals surface area (Å²) in [5, 5.41) is 0. The molecule has 0 atom stereocenters. The maximum absolute atomic E-state index is 11.6. The minimum Gasteiger partial charge on any atom is -0.375 e. The van der Waals surface area contributed by atoms with Gasteiger partial charge in [-0.25, -0.2) is 0 Å². The molecule has 0 saturated carbocycles. The Balaban J connectivity index is 1.65. The molecule has 1 fully saturated rings. The van der Waals surface area contributed by atoms with Gasteiger partial charge < -0.3 is 9.64 Å². The van der Waals surface area contributed by atoms with E-state index in [1.807, 2.05) is 28.4 Å². The number of aliphatic imine (C=N–C) groups is 1. The minimum atomic E-state index is 0.124. The quantitative estimate of drug-likeness (QED) is 0.790.